The molecule has 2 saturated heterocycles. The molecule has 3 heterocycles. The fraction of sp³-hybridized carbons (Fsp3) is 0.455. The molecule has 0 saturated carbocycles. The molecule has 0 aliphatic carbocycles. The lowest BCUT2D eigenvalue weighted by molar-refractivity contribution is -0.129. The monoisotopic (exact) mass is 425 g/mol. The highest BCUT2D eigenvalue weighted by Gasteiger charge is 2.24. The second-order valence-electron chi connectivity index (χ2n) is 7.49. The van der Waals surface area contributed by atoms with E-state index in [9.17, 15) is 9.59 Å². The van der Waals surface area contributed by atoms with Crippen LogP contribution in [-0.2, 0) is 20.7 Å². The van der Waals surface area contributed by atoms with E-state index in [2.05, 4.69) is 20.6 Å². The summed E-state index contributed by atoms with van der Waals surface area (Å²) >= 11 is 0. The molecule has 9 nitrogen and oxygen atoms in total. The summed E-state index contributed by atoms with van der Waals surface area (Å²) in [7, 11) is 0. The van der Waals surface area contributed by atoms with Gasteiger partial charge in [-0.25, -0.2) is 9.97 Å². The molecule has 2 aliphatic heterocycles. The van der Waals surface area contributed by atoms with Crippen molar-refractivity contribution in [2.24, 2.45) is 0 Å². The quantitative estimate of drug-likeness (QED) is 0.691. The average molecular weight is 425 g/mol. The topological polar surface area (TPSA) is 106 Å². The molecule has 1 aromatic heterocycles. The maximum Gasteiger partial charge on any atom is 0.259 e. The zero-order valence-electron chi connectivity index (χ0n) is 17.4. The van der Waals surface area contributed by atoms with Gasteiger partial charge in [-0.3, -0.25) is 9.59 Å². The predicted molar refractivity (Wildman–Crippen MR) is 115 cm³/mol. The first-order chi connectivity index (χ1) is 15.2. The SMILES string of the molecule is O=C(Nc1ccccc1)c1cnc(N2CCOCC2)nc1CCNC(=O)[C@H]1CCCO1. The van der Waals surface area contributed by atoms with E-state index >= 15 is 0 Å². The van der Waals surface area contributed by atoms with Gasteiger partial charge >= 0.3 is 0 Å². The van der Waals surface area contributed by atoms with Gasteiger partial charge in [0, 0.05) is 44.5 Å². The van der Waals surface area contributed by atoms with Crippen molar-refractivity contribution in [3.8, 4) is 0 Å². The van der Waals surface area contributed by atoms with Gasteiger partial charge in [-0.15, -0.1) is 0 Å². The number of benzene rings is 1. The zero-order chi connectivity index (χ0) is 21.5. The number of carbonyl (C=O) groups is 2. The van der Waals surface area contributed by atoms with Crippen molar-refractivity contribution in [3.63, 3.8) is 0 Å². The molecule has 2 fully saturated rings. The molecule has 2 amide bonds. The number of aromatic nitrogens is 2. The normalized spacial score (nSPS) is 18.6. The number of nitrogens with zero attached hydrogens (tertiary/aromatic N) is 3. The fourth-order valence-corrected chi connectivity index (χ4v) is 3.62. The Hall–Kier alpha value is -3.04. The van der Waals surface area contributed by atoms with Gasteiger partial charge < -0.3 is 25.0 Å². The molecule has 0 unspecified atom stereocenters. The van der Waals surface area contributed by atoms with Crippen LogP contribution in [0.3, 0.4) is 0 Å². The molecule has 31 heavy (non-hydrogen) atoms. The third-order valence-electron chi connectivity index (χ3n) is 5.31. The van der Waals surface area contributed by atoms with Gasteiger partial charge in [-0.1, -0.05) is 18.2 Å². The van der Waals surface area contributed by atoms with E-state index in [0.717, 1.165) is 12.8 Å². The standard InChI is InChI=1S/C22H27N5O4/c28-20(25-16-5-2-1-3-6-16)17-15-24-22(27-10-13-30-14-11-27)26-18(17)8-9-23-21(29)19-7-4-12-31-19/h1-3,5-6,15,19H,4,7-14H2,(H,23,29)(H,25,28)/t19-/m1/s1. The highest BCUT2D eigenvalue weighted by Crippen LogP contribution is 2.17. The Morgan fingerprint density at radius 1 is 1.13 bits per heavy atom. The molecule has 2 N–H and O–H groups in total. The molecule has 0 spiro atoms. The Labute approximate surface area is 181 Å². The minimum atomic E-state index is -0.379. The van der Waals surface area contributed by atoms with Gasteiger partial charge in [0.05, 0.1) is 24.5 Å². The van der Waals surface area contributed by atoms with Crippen molar-refractivity contribution in [1.82, 2.24) is 15.3 Å². The number of carbonyl (C=O) groups excluding carboxylic acids is 2. The summed E-state index contributed by atoms with van der Waals surface area (Å²) in [6.07, 6.45) is 3.24. The first-order valence-electron chi connectivity index (χ1n) is 10.6. The molecule has 0 bridgehead atoms. The summed E-state index contributed by atoms with van der Waals surface area (Å²) in [5.41, 5.74) is 1.69. The van der Waals surface area contributed by atoms with Crippen LogP contribution in [-0.4, -0.2) is 67.3 Å². The van der Waals surface area contributed by atoms with Gasteiger partial charge in [0.1, 0.15) is 6.10 Å². The van der Waals surface area contributed by atoms with Crippen LogP contribution in [0.25, 0.3) is 0 Å². The Morgan fingerprint density at radius 2 is 1.94 bits per heavy atom. The van der Waals surface area contributed by atoms with Crippen molar-refractivity contribution in [3.05, 3.63) is 47.8 Å². The minimum Gasteiger partial charge on any atom is -0.378 e. The van der Waals surface area contributed by atoms with E-state index in [-0.39, 0.29) is 17.9 Å². The molecule has 9 heteroatoms. The lowest BCUT2D eigenvalue weighted by atomic mass is 10.1. The summed E-state index contributed by atoms with van der Waals surface area (Å²) in [5, 5.41) is 5.78. The number of rotatable bonds is 7. The van der Waals surface area contributed by atoms with Gasteiger partial charge in [-0.05, 0) is 25.0 Å². The summed E-state index contributed by atoms with van der Waals surface area (Å²) in [5.74, 6) is 0.176. The maximum atomic E-state index is 12.9. The number of morpholine rings is 1. The van der Waals surface area contributed by atoms with Crippen LogP contribution in [0.4, 0.5) is 11.6 Å². The lowest BCUT2D eigenvalue weighted by Gasteiger charge is -2.27. The number of para-hydroxylation sites is 1. The Balaban J connectivity index is 1.48. The fourth-order valence-electron chi connectivity index (χ4n) is 3.62. The molecule has 0 radical (unpaired) electrons. The third kappa shape index (κ3) is 5.56. The molecule has 2 aliphatic rings. The first kappa shape index (κ1) is 21.2. The van der Waals surface area contributed by atoms with Crippen LogP contribution in [0.15, 0.2) is 36.5 Å². The molecule has 1 aromatic carbocycles. The van der Waals surface area contributed by atoms with Crippen molar-refractivity contribution < 1.29 is 19.1 Å². The van der Waals surface area contributed by atoms with Crippen LogP contribution < -0.4 is 15.5 Å². The number of ether oxygens (including phenoxy) is 2. The Kier molecular flexibility index (Phi) is 7.06. The van der Waals surface area contributed by atoms with E-state index in [1.165, 1.54) is 0 Å². The van der Waals surface area contributed by atoms with E-state index in [4.69, 9.17) is 9.47 Å². The molecule has 2 aromatic rings. The number of nitrogens with one attached hydrogen (secondary N) is 2. The van der Waals surface area contributed by atoms with Gasteiger partial charge in [-0.2, -0.15) is 0 Å². The van der Waals surface area contributed by atoms with E-state index < -0.39 is 0 Å². The number of amides is 2. The maximum absolute atomic E-state index is 12.9. The third-order valence-corrected chi connectivity index (χ3v) is 5.31. The van der Waals surface area contributed by atoms with Crippen LogP contribution in [0.1, 0.15) is 28.9 Å². The molecular weight excluding hydrogens is 398 g/mol. The largest absolute Gasteiger partial charge is 0.378 e. The molecule has 1 atom stereocenters. The van der Waals surface area contributed by atoms with Crippen molar-refractivity contribution >= 4 is 23.5 Å². The molecule has 4 rings (SSSR count). The van der Waals surface area contributed by atoms with E-state index in [0.29, 0.717) is 68.8 Å². The Morgan fingerprint density at radius 3 is 2.68 bits per heavy atom. The number of anilines is 2. The highest BCUT2D eigenvalue weighted by molar-refractivity contribution is 6.04. The van der Waals surface area contributed by atoms with Crippen molar-refractivity contribution in [2.45, 2.75) is 25.4 Å². The van der Waals surface area contributed by atoms with Gasteiger partial charge in [0.2, 0.25) is 11.9 Å². The minimum absolute atomic E-state index is 0.116. The van der Waals surface area contributed by atoms with Crippen LogP contribution >= 0.6 is 0 Å². The summed E-state index contributed by atoms with van der Waals surface area (Å²) in [6.45, 7) is 3.62. The lowest BCUT2D eigenvalue weighted by Crippen LogP contribution is -2.38. The van der Waals surface area contributed by atoms with Crippen LogP contribution in [0.5, 0.6) is 0 Å². The Bertz CT molecular complexity index is 896. The number of hydrogen-bond acceptors (Lipinski definition) is 7. The van der Waals surface area contributed by atoms with E-state index in [1.54, 1.807) is 6.20 Å². The van der Waals surface area contributed by atoms with Crippen molar-refractivity contribution in [1.29, 1.82) is 0 Å². The number of hydrogen-bond donors (Lipinski definition) is 2. The second kappa shape index (κ2) is 10.3. The van der Waals surface area contributed by atoms with Gasteiger partial charge in [0.15, 0.2) is 0 Å². The second-order valence-corrected chi connectivity index (χ2v) is 7.49. The molecule has 164 valence electrons. The summed E-state index contributed by atoms with van der Waals surface area (Å²) < 4.78 is 10.8. The zero-order valence-corrected chi connectivity index (χ0v) is 17.4. The van der Waals surface area contributed by atoms with Crippen LogP contribution in [0.2, 0.25) is 0 Å². The first-order valence-corrected chi connectivity index (χ1v) is 10.6. The summed E-state index contributed by atoms with van der Waals surface area (Å²) in [6, 6.07) is 9.24. The smallest absolute Gasteiger partial charge is 0.259 e. The van der Waals surface area contributed by atoms with Gasteiger partial charge in [0.25, 0.3) is 5.91 Å². The predicted octanol–water partition coefficient (Wildman–Crippen LogP) is 1.40. The summed E-state index contributed by atoms with van der Waals surface area (Å²) in [4.78, 5) is 36.3. The van der Waals surface area contributed by atoms with E-state index in [1.807, 2.05) is 35.2 Å². The van der Waals surface area contributed by atoms with Crippen molar-refractivity contribution in [2.75, 3.05) is 49.7 Å². The highest BCUT2D eigenvalue weighted by atomic mass is 16.5. The average Bonchev–Trinajstić information content (AvgIpc) is 3.35. The molecular formula is C22H27N5O4. The van der Waals surface area contributed by atoms with Crippen LogP contribution in [0, 0.1) is 0 Å².